The van der Waals surface area contributed by atoms with Crippen LogP contribution in [0.1, 0.15) is 26.5 Å². The average molecular weight is 456 g/mol. The van der Waals surface area contributed by atoms with Gasteiger partial charge in [-0.1, -0.05) is 57.6 Å². The molecule has 0 atom stereocenters. The molecule has 0 bridgehead atoms. The van der Waals surface area contributed by atoms with Gasteiger partial charge in [-0.15, -0.1) is 0 Å². The van der Waals surface area contributed by atoms with Gasteiger partial charge in [0.05, 0.1) is 18.7 Å². The molecular formula is C21H18BrN3O2S. The number of carbonyl (C=O) groups is 2. The SMILES string of the molecule is O=C(Cc1ccc(Br)cc1)Nc1nc2c(s1)CN(C(=O)c1ccccc1)CC2. The van der Waals surface area contributed by atoms with Crippen LogP contribution in [0, 0.1) is 0 Å². The summed E-state index contributed by atoms with van der Waals surface area (Å²) in [4.78, 5) is 32.4. The zero-order valence-corrected chi connectivity index (χ0v) is 17.4. The molecular weight excluding hydrogens is 438 g/mol. The van der Waals surface area contributed by atoms with Gasteiger partial charge >= 0.3 is 0 Å². The number of halogens is 1. The van der Waals surface area contributed by atoms with Crippen molar-refractivity contribution in [2.45, 2.75) is 19.4 Å². The number of hydrogen-bond acceptors (Lipinski definition) is 4. The van der Waals surface area contributed by atoms with Crippen molar-refractivity contribution < 1.29 is 9.59 Å². The third-order valence-electron chi connectivity index (χ3n) is 4.56. The number of hydrogen-bond donors (Lipinski definition) is 1. The van der Waals surface area contributed by atoms with Crippen LogP contribution in [-0.4, -0.2) is 28.2 Å². The molecule has 0 aliphatic carbocycles. The Morgan fingerprint density at radius 2 is 1.86 bits per heavy atom. The lowest BCUT2D eigenvalue weighted by Gasteiger charge is -2.26. The zero-order valence-electron chi connectivity index (χ0n) is 15.0. The van der Waals surface area contributed by atoms with Crippen molar-refractivity contribution in [1.29, 1.82) is 0 Å². The van der Waals surface area contributed by atoms with E-state index in [1.54, 1.807) is 0 Å². The quantitative estimate of drug-likeness (QED) is 0.638. The molecule has 7 heteroatoms. The number of nitrogens with zero attached hydrogens (tertiary/aromatic N) is 2. The molecule has 0 fully saturated rings. The standard InChI is InChI=1S/C21H18BrN3O2S/c22-16-8-6-14(7-9-16)12-19(26)24-21-23-17-10-11-25(13-18(17)28-21)20(27)15-4-2-1-3-5-15/h1-9H,10-13H2,(H,23,24,26). The zero-order chi connectivity index (χ0) is 19.5. The first kappa shape index (κ1) is 18.8. The van der Waals surface area contributed by atoms with Crippen LogP contribution in [0.2, 0.25) is 0 Å². The van der Waals surface area contributed by atoms with Crippen molar-refractivity contribution in [3.8, 4) is 0 Å². The number of amides is 2. The van der Waals surface area contributed by atoms with Crippen molar-refractivity contribution in [2.24, 2.45) is 0 Å². The third-order valence-corrected chi connectivity index (χ3v) is 6.09. The molecule has 5 nitrogen and oxygen atoms in total. The van der Waals surface area contributed by atoms with Gasteiger partial charge in [0, 0.05) is 27.9 Å². The third kappa shape index (κ3) is 4.31. The predicted molar refractivity (Wildman–Crippen MR) is 113 cm³/mol. The van der Waals surface area contributed by atoms with Gasteiger partial charge in [-0.2, -0.15) is 0 Å². The van der Waals surface area contributed by atoms with Crippen LogP contribution in [0.15, 0.2) is 59.1 Å². The fraction of sp³-hybridized carbons (Fsp3) is 0.190. The summed E-state index contributed by atoms with van der Waals surface area (Å²) in [5, 5.41) is 3.49. The summed E-state index contributed by atoms with van der Waals surface area (Å²) in [6.07, 6.45) is 1.00. The molecule has 142 valence electrons. The Morgan fingerprint density at radius 3 is 2.61 bits per heavy atom. The molecule has 1 N–H and O–H groups in total. The highest BCUT2D eigenvalue weighted by atomic mass is 79.9. The lowest BCUT2D eigenvalue weighted by molar-refractivity contribution is -0.115. The van der Waals surface area contributed by atoms with Crippen LogP contribution in [0.5, 0.6) is 0 Å². The molecule has 0 saturated heterocycles. The van der Waals surface area contributed by atoms with E-state index in [1.807, 2.05) is 59.5 Å². The molecule has 3 aromatic rings. The van der Waals surface area contributed by atoms with E-state index in [1.165, 1.54) is 11.3 Å². The second kappa shape index (κ2) is 8.24. The average Bonchev–Trinajstić information content (AvgIpc) is 3.11. The Morgan fingerprint density at radius 1 is 1.11 bits per heavy atom. The minimum atomic E-state index is -0.0920. The number of rotatable bonds is 4. The van der Waals surface area contributed by atoms with Crippen LogP contribution in [-0.2, 0) is 24.2 Å². The van der Waals surface area contributed by atoms with Crippen molar-refractivity contribution in [3.05, 3.63) is 80.8 Å². The summed E-state index contributed by atoms with van der Waals surface area (Å²) in [5.41, 5.74) is 2.61. The fourth-order valence-corrected chi connectivity index (χ4v) is 4.44. The molecule has 1 aliphatic rings. The number of fused-ring (bicyclic) bond motifs is 1. The van der Waals surface area contributed by atoms with Crippen LogP contribution < -0.4 is 5.32 Å². The Balaban J connectivity index is 1.40. The summed E-state index contributed by atoms with van der Waals surface area (Å²) < 4.78 is 0.985. The van der Waals surface area contributed by atoms with Crippen molar-refractivity contribution in [2.75, 3.05) is 11.9 Å². The van der Waals surface area contributed by atoms with E-state index >= 15 is 0 Å². The van der Waals surface area contributed by atoms with Crippen molar-refractivity contribution >= 4 is 44.2 Å². The number of anilines is 1. The summed E-state index contributed by atoms with van der Waals surface area (Å²) >= 11 is 4.84. The van der Waals surface area contributed by atoms with Gasteiger partial charge in [-0.05, 0) is 29.8 Å². The van der Waals surface area contributed by atoms with Crippen molar-refractivity contribution in [3.63, 3.8) is 0 Å². The summed E-state index contributed by atoms with van der Waals surface area (Å²) in [6, 6.07) is 17.0. The second-order valence-electron chi connectivity index (χ2n) is 6.58. The van der Waals surface area contributed by atoms with Gasteiger partial charge in [0.25, 0.3) is 5.91 Å². The number of nitrogens with one attached hydrogen (secondary N) is 1. The van der Waals surface area contributed by atoms with Crippen LogP contribution in [0.3, 0.4) is 0 Å². The Hall–Kier alpha value is -2.51. The minimum absolute atomic E-state index is 0.0282. The molecule has 0 unspecified atom stereocenters. The number of carbonyl (C=O) groups excluding carboxylic acids is 2. The molecule has 2 amide bonds. The van der Waals surface area contributed by atoms with Crippen molar-refractivity contribution in [1.82, 2.24) is 9.88 Å². The molecule has 1 aliphatic heterocycles. The maximum absolute atomic E-state index is 12.7. The summed E-state index contributed by atoms with van der Waals surface area (Å²) in [7, 11) is 0. The van der Waals surface area contributed by atoms with Gasteiger partial charge in [0.2, 0.25) is 5.91 Å². The van der Waals surface area contributed by atoms with Gasteiger partial charge < -0.3 is 10.2 Å². The van der Waals surface area contributed by atoms with Gasteiger partial charge in [-0.25, -0.2) is 4.98 Å². The molecule has 1 aromatic heterocycles. The Kier molecular flexibility index (Phi) is 5.54. The number of aromatic nitrogens is 1. The molecule has 2 heterocycles. The number of benzene rings is 2. The first-order valence-electron chi connectivity index (χ1n) is 8.96. The highest BCUT2D eigenvalue weighted by Gasteiger charge is 2.25. The lowest BCUT2D eigenvalue weighted by Crippen LogP contribution is -2.35. The maximum atomic E-state index is 12.7. The summed E-state index contributed by atoms with van der Waals surface area (Å²) in [6.45, 7) is 1.17. The highest BCUT2D eigenvalue weighted by molar-refractivity contribution is 9.10. The summed E-state index contributed by atoms with van der Waals surface area (Å²) in [5.74, 6) is -0.0638. The van der Waals surface area contributed by atoms with Crippen LogP contribution >= 0.6 is 27.3 Å². The molecule has 0 saturated carbocycles. The molecule has 4 rings (SSSR count). The molecule has 0 spiro atoms. The first-order chi connectivity index (χ1) is 13.6. The largest absolute Gasteiger partial charge is 0.333 e. The smallest absolute Gasteiger partial charge is 0.254 e. The minimum Gasteiger partial charge on any atom is -0.333 e. The molecule has 28 heavy (non-hydrogen) atoms. The first-order valence-corrected chi connectivity index (χ1v) is 10.6. The topological polar surface area (TPSA) is 62.3 Å². The molecule has 2 aromatic carbocycles. The fourth-order valence-electron chi connectivity index (χ4n) is 3.14. The van der Waals surface area contributed by atoms with E-state index in [0.29, 0.717) is 36.6 Å². The van der Waals surface area contributed by atoms with Gasteiger partial charge in [-0.3, -0.25) is 9.59 Å². The highest BCUT2D eigenvalue weighted by Crippen LogP contribution is 2.29. The van der Waals surface area contributed by atoms with Gasteiger partial charge in [0.1, 0.15) is 0 Å². The van der Waals surface area contributed by atoms with E-state index in [2.05, 4.69) is 26.2 Å². The Bertz CT molecular complexity index is 1000. The normalized spacial score (nSPS) is 13.1. The van der Waals surface area contributed by atoms with E-state index in [4.69, 9.17) is 0 Å². The molecule has 0 radical (unpaired) electrons. The lowest BCUT2D eigenvalue weighted by atomic mass is 10.1. The monoisotopic (exact) mass is 455 g/mol. The van der Waals surface area contributed by atoms with E-state index in [-0.39, 0.29) is 11.8 Å². The second-order valence-corrected chi connectivity index (χ2v) is 8.58. The van der Waals surface area contributed by atoms with Crippen LogP contribution in [0.25, 0.3) is 0 Å². The van der Waals surface area contributed by atoms with Gasteiger partial charge in [0.15, 0.2) is 5.13 Å². The van der Waals surface area contributed by atoms with E-state index < -0.39 is 0 Å². The van der Waals surface area contributed by atoms with E-state index in [0.717, 1.165) is 20.6 Å². The predicted octanol–water partition coefficient (Wildman–Crippen LogP) is 4.29. The number of thiazole rings is 1. The maximum Gasteiger partial charge on any atom is 0.254 e. The van der Waals surface area contributed by atoms with E-state index in [9.17, 15) is 9.59 Å². The Labute approximate surface area is 175 Å². The van der Waals surface area contributed by atoms with Crippen LogP contribution in [0.4, 0.5) is 5.13 Å².